The van der Waals surface area contributed by atoms with Crippen molar-refractivity contribution in [2.24, 2.45) is 0 Å². The van der Waals surface area contributed by atoms with Crippen LogP contribution in [0.2, 0.25) is 0 Å². The van der Waals surface area contributed by atoms with Gasteiger partial charge in [-0.15, -0.1) is 0 Å². The summed E-state index contributed by atoms with van der Waals surface area (Å²) in [5.74, 6) is -0.545. The Morgan fingerprint density at radius 3 is 2.29 bits per heavy atom. The predicted molar refractivity (Wildman–Crippen MR) is 77.0 cm³/mol. The Bertz CT molecular complexity index is 741. The molecule has 2 rings (SSSR count). The zero-order chi connectivity index (χ0) is 15.5. The minimum Gasteiger partial charge on any atom is -0.464 e. The number of carbonyl (C=O) groups is 1. The number of sulfone groups is 1. The van der Waals surface area contributed by atoms with Crippen LogP contribution in [0.15, 0.2) is 51.5 Å². The molecule has 0 aliphatic carbocycles. The first-order valence-electron chi connectivity index (χ1n) is 5.78. The summed E-state index contributed by atoms with van der Waals surface area (Å²) < 4.78 is 27.3. The highest BCUT2D eigenvalue weighted by Gasteiger charge is 2.09. The van der Waals surface area contributed by atoms with Gasteiger partial charge in [-0.3, -0.25) is 0 Å². The molecule has 0 aliphatic heterocycles. The van der Waals surface area contributed by atoms with E-state index < -0.39 is 15.8 Å². The molecule has 0 spiro atoms. The molecule has 8 heteroatoms. The molecule has 0 atom stereocenters. The predicted octanol–water partition coefficient (Wildman–Crippen LogP) is 1.82. The van der Waals surface area contributed by atoms with E-state index in [2.05, 4.69) is 14.7 Å². The second-order valence-electron chi connectivity index (χ2n) is 4.08. The summed E-state index contributed by atoms with van der Waals surface area (Å²) in [5, 5.41) is 0.592. The van der Waals surface area contributed by atoms with Crippen LogP contribution in [-0.2, 0) is 14.6 Å². The lowest BCUT2D eigenvalue weighted by atomic mass is 10.4. The Morgan fingerprint density at radius 2 is 1.81 bits per heavy atom. The van der Waals surface area contributed by atoms with Crippen molar-refractivity contribution in [2.75, 3.05) is 13.4 Å². The largest absolute Gasteiger partial charge is 0.464 e. The van der Waals surface area contributed by atoms with Crippen LogP contribution in [0.5, 0.6) is 0 Å². The molecule has 0 bridgehead atoms. The quantitative estimate of drug-likeness (QED) is 0.793. The lowest BCUT2D eigenvalue weighted by Crippen LogP contribution is -2.04. The summed E-state index contributed by atoms with van der Waals surface area (Å²) in [6.07, 6.45) is 3.95. The SMILES string of the molecule is COC(=O)c1cnc(Sc2ccc(S(C)(=O)=O)cc2)cn1. The number of ether oxygens (including phenoxy) is 1. The first-order valence-corrected chi connectivity index (χ1v) is 8.49. The molecule has 0 saturated carbocycles. The maximum atomic E-state index is 11.4. The van der Waals surface area contributed by atoms with Gasteiger partial charge in [-0.2, -0.15) is 0 Å². The van der Waals surface area contributed by atoms with Crippen molar-refractivity contribution in [1.29, 1.82) is 0 Å². The molecular weight excluding hydrogens is 312 g/mol. The molecular formula is C13H12N2O4S2. The summed E-state index contributed by atoms with van der Waals surface area (Å²) in [7, 11) is -1.93. The fourth-order valence-electron chi connectivity index (χ4n) is 1.45. The van der Waals surface area contributed by atoms with E-state index in [1.165, 1.54) is 43.4 Å². The number of hydrogen-bond donors (Lipinski definition) is 0. The van der Waals surface area contributed by atoms with Crippen molar-refractivity contribution in [3.8, 4) is 0 Å². The molecule has 1 aromatic heterocycles. The zero-order valence-electron chi connectivity index (χ0n) is 11.3. The van der Waals surface area contributed by atoms with Gasteiger partial charge in [0.2, 0.25) is 0 Å². The van der Waals surface area contributed by atoms with Crippen LogP contribution in [0.25, 0.3) is 0 Å². The molecule has 6 nitrogen and oxygen atoms in total. The normalized spacial score (nSPS) is 11.1. The van der Waals surface area contributed by atoms with Gasteiger partial charge in [-0.05, 0) is 24.3 Å². The summed E-state index contributed by atoms with van der Waals surface area (Å²) >= 11 is 1.31. The van der Waals surface area contributed by atoms with Crippen LogP contribution < -0.4 is 0 Å². The monoisotopic (exact) mass is 324 g/mol. The van der Waals surface area contributed by atoms with E-state index in [1.807, 2.05) is 0 Å². The molecule has 0 radical (unpaired) electrons. The van der Waals surface area contributed by atoms with E-state index in [1.54, 1.807) is 12.1 Å². The minimum absolute atomic E-state index is 0.134. The van der Waals surface area contributed by atoms with Crippen LogP contribution in [0, 0.1) is 0 Å². The van der Waals surface area contributed by atoms with Crippen molar-refractivity contribution in [3.63, 3.8) is 0 Å². The van der Waals surface area contributed by atoms with E-state index in [0.717, 1.165) is 11.2 Å². The van der Waals surface area contributed by atoms with Crippen LogP contribution in [0.1, 0.15) is 10.5 Å². The number of methoxy groups -OCH3 is 1. The Hall–Kier alpha value is -1.93. The fraction of sp³-hybridized carbons (Fsp3) is 0.154. The van der Waals surface area contributed by atoms with E-state index in [-0.39, 0.29) is 10.6 Å². The summed E-state index contributed by atoms with van der Waals surface area (Å²) in [6, 6.07) is 6.45. The van der Waals surface area contributed by atoms with E-state index in [9.17, 15) is 13.2 Å². The molecule has 21 heavy (non-hydrogen) atoms. The highest BCUT2D eigenvalue weighted by atomic mass is 32.2. The molecule has 110 valence electrons. The number of carbonyl (C=O) groups excluding carboxylic acids is 1. The van der Waals surface area contributed by atoms with Crippen molar-refractivity contribution in [3.05, 3.63) is 42.4 Å². The highest BCUT2D eigenvalue weighted by molar-refractivity contribution is 7.99. The third-order valence-corrected chi connectivity index (χ3v) is 4.55. The van der Waals surface area contributed by atoms with Crippen molar-refractivity contribution < 1.29 is 17.9 Å². The minimum atomic E-state index is -3.20. The highest BCUT2D eigenvalue weighted by Crippen LogP contribution is 2.26. The van der Waals surface area contributed by atoms with Gasteiger partial charge in [0.1, 0.15) is 5.03 Å². The van der Waals surface area contributed by atoms with Gasteiger partial charge < -0.3 is 4.74 Å². The van der Waals surface area contributed by atoms with Gasteiger partial charge in [0.25, 0.3) is 0 Å². The Labute approximate surface area is 126 Å². The molecule has 1 heterocycles. The topological polar surface area (TPSA) is 86.2 Å². The summed E-state index contributed by atoms with van der Waals surface area (Å²) in [6.45, 7) is 0. The van der Waals surface area contributed by atoms with Gasteiger partial charge in [0.05, 0.1) is 24.4 Å². The summed E-state index contributed by atoms with van der Waals surface area (Å²) in [5.41, 5.74) is 0.134. The smallest absolute Gasteiger partial charge is 0.358 e. The standard InChI is InChI=1S/C13H12N2O4S2/c1-19-13(16)11-7-15-12(8-14-11)20-9-3-5-10(6-4-9)21(2,17)18/h3-8H,1-2H3. The number of aromatic nitrogens is 2. The van der Waals surface area contributed by atoms with Crippen molar-refractivity contribution in [2.45, 2.75) is 14.8 Å². The second-order valence-corrected chi connectivity index (χ2v) is 7.19. The lowest BCUT2D eigenvalue weighted by Gasteiger charge is -2.03. The number of rotatable bonds is 4. The summed E-state index contributed by atoms with van der Waals surface area (Å²) in [4.78, 5) is 20.4. The molecule has 0 saturated heterocycles. The first kappa shape index (κ1) is 15.5. The number of esters is 1. The van der Waals surface area contributed by atoms with E-state index in [0.29, 0.717) is 5.03 Å². The number of nitrogens with zero attached hydrogens (tertiary/aromatic N) is 2. The van der Waals surface area contributed by atoms with Crippen LogP contribution in [0.3, 0.4) is 0 Å². The van der Waals surface area contributed by atoms with E-state index >= 15 is 0 Å². The third-order valence-electron chi connectivity index (χ3n) is 2.50. The first-order chi connectivity index (χ1) is 9.90. The Kier molecular flexibility index (Phi) is 4.59. The average molecular weight is 324 g/mol. The zero-order valence-corrected chi connectivity index (χ0v) is 12.9. The average Bonchev–Trinajstić information content (AvgIpc) is 2.47. The Balaban J connectivity index is 2.13. The van der Waals surface area contributed by atoms with Crippen molar-refractivity contribution >= 4 is 27.6 Å². The van der Waals surface area contributed by atoms with Gasteiger partial charge in [0, 0.05) is 11.2 Å². The maximum absolute atomic E-state index is 11.4. The van der Waals surface area contributed by atoms with Crippen LogP contribution >= 0.6 is 11.8 Å². The molecule has 1 aromatic carbocycles. The number of hydrogen-bond acceptors (Lipinski definition) is 7. The molecule has 0 fully saturated rings. The van der Waals surface area contributed by atoms with Crippen LogP contribution in [-0.4, -0.2) is 37.7 Å². The molecule has 0 N–H and O–H groups in total. The maximum Gasteiger partial charge on any atom is 0.358 e. The van der Waals surface area contributed by atoms with Gasteiger partial charge in [-0.1, -0.05) is 11.8 Å². The molecule has 0 amide bonds. The van der Waals surface area contributed by atoms with Gasteiger partial charge >= 0.3 is 5.97 Å². The molecule has 0 unspecified atom stereocenters. The third kappa shape index (κ3) is 4.02. The second kappa shape index (κ2) is 6.23. The fourth-order valence-corrected chi connectivity index (χ4v) is 2.81. The van der Waals surface area contributed by atoms with E-state index in [4.69, 9.17) is 0 Å². The van der Waals surface area contributed by atoms with Gasteiger partial charge in [-0.25, -0.2) is 23.2 Å². The van der Waals surface area contributed by atoms with Gasteiger partial charge in [0.15, 0.2) is 15.5 Å². The number of benzene rings is 1. The Morgan fingerprint density at radius 1 is 1.14 bits per heavy atom. The lowest BCUT2D eigenvalue weighted by molar-refractivity contribution is 0.0593. The molecule has 0 aliphatic rings. The molecule has 2 aromatic rings. The van der Waals surface area contributed by atoms with Crippen LogP contribution in [0.4, 0.5) is 0 Å². The van der Waals surface area contributed by atoms with Crippen molar-refractivity contribution in [1.82, 2.24) is 9.97 Å².